The van der Waals surface area contributed by atoms with E-state index in [2.05, 4.69) is 9.82 Å². The topological polar surface area (TPSA) is 55.6 Å². The molecule has 5 nitrogen and oxygen atoms in total. The Hall–Kier alpha value is -1.36. The molecule has 0 radical (unpaired) electrons. The Bertz CT molecular complexity index is 282. The molecule has 0 saturated carbocycles. The van der Waals surface area contributed by atoms with Crippen LogP contribution in [0, 0.1) is 6.92 Å². The van der Waals surface area contributed by atoms with Crippen LogP contribution in [-0.2, 0) is 4.84 Å². The van der Waals surface area contributed by atoms with Gasteiger partial charge < -0.3 is 4.42 Å². The number of aromatic nitrogens is 1. The van der Waals surface area contributed by atoms with Gasteiger partial charge in [-0.05, 0) is 6.92 Å². The van der Waals surface area contributed by atoms with E-state index in [1.165, 1.54) is 20.4 Å². The van der Waals surface area contributed by atoms with Crippen LogP contribution in [0.25, 0.3) is 0 Å². The van der Waals surface area contributed by atoms with Gasteiger partial charge >= 0.3 is 5.91 Å². The van der Waals surface area contributed by atoms with E-state index in [1.807, 2.05) is 0 Å². The van der Waals surface area contributed by atoms with Crippen molar-refractivity contribution in [1.82, 2.24) is 10.0 Å². The van der Waals surface area contributed by atoms with Gasteiger partial charge in [-0.25, -0.2) is 10.0 Å². The maximum Gasteiger partial charge on any atom is 0.332 e. The molecule has 0 bridgehead atoms. The first-order chi connectivity index (χ1) is 5.65. The number of nitrogens with zero attached hydrogens (tertiary/aromatic N) is 2. The highest BCUT2D eigenvalue weighted by atomic mass is 16.7. The molecule has 0 atom stereocenters. The number of carbonyl (C=O) groups is 1. The van der Waals surface area contributed by atoms with E-state index in [0.29, 0.717) is 5.69 Å². The summed E-state index contributed by atoms with van der Waals surface area (Å²) in [4.78, 5) is 19.7. The van der Waals surface area contributed by atoms with Crippen LogP contribution in [0.5, 0.6) is 0 Å². The Morgan fingerprint density at radius 2 is 2.42 bits per heavy atom. The predicted molar refractivity (Wildman–Crippen MR) is 40.3 cm³/mol. The van der Waals surface area contributed by atoms with E-state index in [-0.39, 0.29) is 5.89 Å². The van der Waals surface area contributed by atoms with Crippen LogP contribution in [-0.4, -0.2) is 30.1 Å². The largest absolute Gasteiger partial charge is 0.441 e. The summed E-state index contributed by atoms with van der Waals surface area (Å²) in [5.74, 6) is -0.359. The van der Waals surface area contributed by atoms with Gasteiger partial charge in [-0.2, -0.15) is 0 Å². The van der Waals surface area contributed by atoms with Crippen molar-refractivity contribution in [1.29, 1.82) is 0 Å². The number of hydrogen-bond donors (Lipinski definition) is 0. The van der Waals surface area contributed by atoms with Gasteiger partial charge in [0.15, 0.2) is 0 Å². The van der Waals surface area contributed by atoms with Crippen molar-refractivity contribution < 1.29 is 14.0 Å². The first-order valence-corrected chi connectivity index (χ1v) is 3.39. The number of rotatable bonds is 2. The fourth-order valence-electron chi connectivity index (χ4n) is 0.670. The van der Waals surface area contributed by atoms with Crippen molar-refractivity contribution in [2.45, 2.75) is 6.92 Å². The van der Waals surface area contributed by atoms with Crippen molar-refractivity contribution >= 4 is 5.91 Å². The lowest BCUT2D eigenvalue weighted by Crippen LogP contribution is -2.25. The molecule has 12 heavy (non-hydrogen) atoms. The van der Waals surface area contributed by atoms with Crippen molar-refractivity contribution in [2.75, 3.05) is 14.2 Å². The maximum atomic E-state index is 11.2. The molecule has 66 valence electrons. The normalized spacial score (nSPS) is 9.92. The molecule has 0 aliphatic carbocycles. The van der Waals surface area contributed by atoms with Crippen LogP contribution < -0.4 is 0 Å². The molecule has 5 heteroatoms. The average Bonchev–Trinajstić information content (AvgIpc) is 2.49. The number of hydroxylamine groups is 2. The summed E-state index contributed by atoms with van der Waals surface area (Å²) >= 11 is 0. The Kier molecular flexibility index (Phi) is 2.44. The average molecular weight is 170 g/mol. The summed E-state index contributed by atoms with van der Waals surface area (Å²) in [5, 5.41) is 1.05. The predicted octanol–water partition coefficient (Wildman–Crippen LogP) is 0.616. The van der Waals surface area contributed by atoms with Crippen LogP contribution in [0.1, 0.15) is 16.4 Å². The molecule has 0 aliphatic heterocycles. The van der Waals surface area contributed by atoms with Gasteiger partial charge in [0.1, 0.15) is 6.26 Å². The van der Waals surface area contributed by atoms with Crippen LogP contribution in [0.2, 0.25) is 0 Å². The standard InChI is InChI=1S/C7H10N2O3/c1-5-4-12-6(8-5)7(10)9(2)11-3/h4H,1-3H3. The third kappa shape index (κ3) is 1.62. The van der Waals surface area contributed by atoms with Crippen LogP contribution >= 0.6 is 0 Å². The van der Waals surface area contributed by atoms with E-state index in [1.54, 1.807) is 6.92 Å². The van der Waals surface area contributed by atoms with Crippen LogP contribution in [0.3, 0.4) is 0 Å². The lowest BCUT2D eigenvalue weighted by Gasteiger charge is -2.09. The summed E-state index contributed by atoms with van der Waals surface area (Å²) in [7, 11) is 2.88. The number of amides is 1. The lowest BCUT2D eigenvalue weighted by molar-refractivity contribution is -0.0777. The zero-order chi connectivity index (χ0) is 9.14. The number of aryl methyl sites for hydroxylation is 1. The number of oxazole rings is 1. The monoisotopic (exact) mass is 170 g/mol. The van der Waals surface area contributed by atoms with Crippen molar-refractivity contribution in [3.63, 3.8) is 0 Å². The molecule has 1 heterocycles. The van der Waals surface area contributed by atoms with Gasteiger partial charge in [0, 0.05) is 7.05 Å². The Morgan fingerprint density at radius 3 is 2.83 bits per heavy atom. The first-order valence-electron chi connectivity index (χ1n) is 3.39. The molecular formula is C7H10N2O3. The highest BCUT2D eigenvalue weighted by Gasteiger charge is 2.16. The molecular weight excluding hydrogens is 160 g/mol. The first kappa shape index (κ1) is 8.73. The SMILES string of the molecule is CON(C)C(=O)c1nc(C)co1. The molecule has 1 rings (SSSR count). The minimum absolute atomic E-state index is 0.0388. The summed E-state index contributed by atoms with van der Waals surface area (Å²) in [6.07, 6.45) is 1.41. The molecule has 1 aromatic heterocycles. The van der Waals surface area contributed by atoms with E-state index in [0.717, 1.165) is 5.06 Å². The highest BCUT2D eigenvalue weighted by molar-refractivity contribution is 5.88. The zero-order valence-corrected chi connectivity index (χ0v) is 7.20. The fraction of sp³-hybridized carbons (Fsp3) is 0.429. The molecule has 1 aromatic rings. The van der Waals surface area contributed by atoms with Crippen molar-refractivity contribution in [3.8, 4) is 0 Å². The van der Waals surface area contributed by atoms with Gasteiger partial charge in [-0.3, -0.25) is 9.63 Å². The second-order valence-corrected chi connectivity index (χ2v) is 2.28. The van der Waals surface area contributed by atoms with Gasteiger partial charge in [0.2, 0.25) is 0 Å². The van der Waals surface area contributed by atoms with Gasteiger partial charge in [0.05, 0.1) is 12.8 Å². The Morgan fingerprint density at radius 1 is 1.75 bits per heavy atom. The number of hydrogen-bond acceptors (Lipinski definition) is 4. The molecule has 0 spiro atoms. The lowest BCUT2D eigenvalue weighted by atomic mass is 10.5. The second-order valence-electron chi connectivity index (χ2n) is 2.28. The third-order valence-electron chi connectivity index (χ3n) is 1.36. The zero-order valence-electron chi connectivity index (χ0n) is 7.20. The fourth-order valence-corrected chi connectivity index (χ4v) is 0.670. The van der Waals surface area contributed by atoms with Gasteiger partial charge in [-0.15, -0.1) is 0 Å². The van der Waals surface area contributed by atoms with Crippen LogP contribution in [0.15, 0.2) is 10.7 Å². The van der Waals surface area contributed by atoms with Gasteiger partial charge in [0.25, 0.3) is 5.89 Å². The maximum absolute atomic E-state index is 11.2. The molecule has 0 fully saturated rings. The van der Waals surface area contributed by atoms with Crippen molar-refractivity contribution in [3.05, 3.63) is 17.8 Å². The number of carbonyl (C=O) groups excluding carboxylic acids is 1. The molecule has 0 N–H and O–H groups in total. The summed E-state index contributed by atoms with van der Waals surface area (Å²) in [6.45, 7) is 1.74. The van der Waals surface area contributed by atoms with Crippen molar-refractivity contribution in [2.24, 2.45) is 0 Å². The van der Waals surface area contributed by atoms with E-state index in [9.17, 15) is 4.79 Å². The smallest absolute Gasteiger partial charge is 0.332 e. The minimum Gasteiger partial charge on any atom is -0.441 e. The van der Waals surface area contributed by atoms with Gasteiger partial charge in [-0.1, -0.05) is 0 Å². The molecule has 0 saturated heterocycles. The quantitative estimate of drug-likeness (QED) is 0.610. The summed E-state index contributed by atoms with van der Waals surface area (Å²) < 4.78 is 4.87. The highest BCUT2D eigenvalue weighted by Crippen LogP contribution is 2.03. The van der Waals surface area contributed by atoms with E-state index >= 15 is 0 Å². The van der Waals surface area contributed by atoms with E-state index < -0.39 is 5.91 Å². The molecule has 1 amide bonds. The Balaban J connectivity index is 2.78. The molecule has 0 unspecified atom stereocenters. The summed E-state index contributed by atoms with van der Waals surface area (Å²) in [5.41, 5.74) is 0.669. The van der Waals surface area contributed by atoms with E-state index in [4.69, 9.17) is 4.42 Å². The second kappa shape index (κ2) is 3.36. The molecule has 0 aliphatic rings. The third-order valence-corrected chi connectivity index (χ3v) is 1.36. The minimum atomic E-state index is -0.398. The summed E-state index contributed by atoms with van der Waals surface area (Å²) in [6, 6.07) is 0. The molecule has 0 aromatic carbocycles. The van der Waals surface area contributed by atoms with Crippen LogP contribution in [0.4, 0.5) is 0 Å². The Labute approximate surface area is 69.9 Å².